The molecular formula is C13H19NO2. The summed E-state index contributed by atoms with van der Waals surface area (Å²) in [5, 5.41) is 13.0. The molecule has 3 nitrogen and oxygen atoms in total. The number of benzene rings is 1. The van der Waals surface area contributed by atoms with Crippen molar-refractivity contribution in [3.8, 4) is 5.75 Å². The molecule has 1 atom stereocenters. The van der Waals surface area contributed by atoms with Crippen LogP contribution in [0.1, 0.15) is 24.9 Å². The Morgan fingerprint density at radius 1 is 1.50 bits per heavy atom. The number of para-hydroxylation sites is 1. The minimum absolute atomic E-state index is 0.143. The van der Waals surface area contributed by atoms with Crippen LogP contribution < -0.4 is 5.32 Å². The van der Waals surface area contributed by atoms with Crippen molar-refractivity contribution in [1.82, 2.24) is 5.32 Å². The molecule has 1 aromatic rings. The first kappa shape index (κ1) is 12.6. The standard InChI is InChI=1S/C13H19NO2/c1-3-16-10-6-9-14-11(2)12-7-4-5-8-13(12)15/h3-5,7-8,11,14-15H,1,6,9-10H2,2H3. The Hall–Kier alpha value is -1.48. The molecule has 0 fully saturated rings. The van der Waals surface area contributed by atoms with Gasteiger partial charge in [-0.05, 0) is 26.0 Å². The van der Waals surface area contributed by atoms with Gasteiger partial charge < -0.3 is 15.2 Å². The normalized spacial score (nSPS) is 12.1. The van der Waals surface area contributed by atoms with E-state index in [4.69, 9.17) is 4.74 Å². The first-order valence-corrected chi connectivity index (χ1v) is 5.49. The summed E-state index contributed by atoms with van der Waals surface area (Å²) in [6.07, 6.45) is 2.37. The number of phenolic OH excluding ortho intramolecular Hbond substituents is 1. The molecule has 16 heavy (non-hydrogen) atoms. The van der Waals surface area contributed by atoms with Crippen molar-refractivity contribution in [2.24, 2.45) is 0 Å². The number of aromatic hydroxyl groups is 1. The van der Waals surface area contributed by atoms with E-state index in [0.29, 0.717) is 12.4 Å². The average molecular weight is 221 g/mol. The van der Waals surface area contributed by atoms with Gasteiger partial charge in [-0.3, -0.25) is 0 Å². The third-order valence-corrected chi connectivity index (χ3v) is 2.41. The van der Waals surface area contributed by atoms with Crippen molar-refractivity contribution in [2.45, 2.75) is 19.4 Å². The molecule has 0 amide bonds. The van der Waals surface area contributed by atoms with Gasteiger partial charge in [0.25, 0.3) is 0 Å². The van der Waals surface area contributed by atoms with Crippen LogP contribution in [0.2, 0.25) is 0 Å². The van der Waals surface area contributed by atoms with E-state index in [1.807, 2.05) is 25.1 Å². The summed E-state index contributed by atoms with van der Waals surface area (Å²) in [7, 11) is 0. The second-order valence-corrected chi connectivity index (χ2v) is 3.63. The van der Waals surface area contributed by atoms with Crippen LogP contribution in [0.15, 0.2) is 37.1 Å². The predicted octanol–water partition coefficient (Wildman–Crippen LogP) is 2.59. The summed E-state index contributed by atoms with van der Waals surface area (Å²) in [6, 6.07) is 7.52. The van der Waals surface area contributed by atoms with Gasteiger partial charge in [-0.2, -0.15) is 0 Å². The molecule has 2 N–H and O–H groups in total. The minimum atomic E-state index is 0.143. The molecular weight excluding hydrogens is 202 g/mol. The molecule has 0 heterocycles. The smallest absolute Gasteiger partial charge is 0.120 e. The largest absolute Gasteiger partial charge is 0.508 e. The van der Waals surface area contributed by atoms with Gasteiger partial charge in [-0.25, -0.2) is 0 Å². The molecule has 0 radical (unpaired) electrons. The van der Waals surface area contributed by atoms with Crippen molar-refractivity contribution in [1.29, 1.82) is 0 Å². The molecule has 0 saturated heterocycles. The van der Waals surface area contributed by atoms with Gasteiger partial charge >= 0.3 is 0 Å². The summed E-state index contributed by atoms with van der Waals surface area (Å²) in [4.78, 5) is 0. The highest BCUT2D eigenvalue weighted by atomic mass is 16.5. The summed E-state index contributed by atoms with van der Waals surface area (Å²) in [5.41, 5.74) is 0.923. The van der Waals surface area contributed by atoms with E-state index >= 15 is 0 Å². The lowest BCUT2D eigenvalue weighted by Gasteiger charge is -2.15. The predicted molar refractivity (Wildman–Crippen MR) is 65.3 cm³/mol. The lowest BCUT2D eigenvalue weighted by atomic mass is 10.1. The SMILES string of the molecule is C=COCCCNC(C)c1ccccc1O. The summed E-state index contributed by atoms with van der Waals surface area (Å²) >= 11 is 0. The molecule has 0 aromatic heterocycles. The second-order valence-electron chi connectivity index (χ2n) is 3.63. The summed E-state index contributed by atoms with van der Waals surface area (Å²) in [5.74, 6) is 0.338. The summed E-state index contributed by atoms with van der Waals surface area (Å²) < 4.78 is 5.02. The lowest BCUT2D eigenvalue weighted by Crippen LogP contribution is -2.20. The molecule has 0 spiro atoms. The molecule has 1 aromatic carbocycles. The van der Waals surface area contributed by atoms with Crippen molar-refractivity contribution in [3.05, 3.63) is 42.7 Å². The minimum Gasteiger partial charge on any atom is -0.508 e. The van der Waals surface area contributed by atoms with Crippen LogP contribution in [0.25, 0.3) is 0 Å². The molecule has 3 heteroatoms. The number of ether oxygens (including phenoxy) is 1. The number of hydrogen-bond acceptors (Lipinski definition) is 3. The molecule has 1 unspecified atom stereocenters. The van der Waals surface area contributed by atoms with Crippen LogP contribution >= 0.6 is 0 Å². The van der Waals surface area contributed by atoms with Crippen molar-refractivity contribution < 1.29 is 9.84 Å². The van der Waals surface area contributed by atoms with E-state index in [-0.39, 0.29) is 6.04 Å². The fourth-order valence-electron chi connectivity index (χ4n) is 1.52. The molecule has 0 bridgehead atoms. The Morgan fingerprint density at radius 3 is 2.94 bits per heavy atom. The Morgan fingerprint density at radius 2 is 2.25 bits per heavy atom. The second kappa shape index (κ2) is 6.90. The first-order chi connectivity index (χ1) is 7.75. The van der Waals surface area contributed by atoms with Crippen LogP contribution in [0.4, 0.5) is 0 Å². The highest BCUT2D eigenvalue weighted by Crippen LogP contribution is 2.22. The number of rotatable bonds is 7. The van der Waals surface area contributed by atoms with Crippen molar-refractivity contribution in [2.75, 3.05) is 13.2 Å². The van der Waals surface area contributed by atoms with Gasteiger partial charge in [-0.15, -0.1) is 0 Å². The highest BCUT2D eigenvalue weighted by Gasteiger charge is 2.07. The zero-order chi connectivity index (χ0) is 11.8. The molecule has 88 valence electrons. The Kier molecular flexibility index (Phi) is 5.43. The van der Waals surface area contributed by atoms with Crippen LogP contribution in [-0.2, 0) is 4.74 Å². The molecule has 0 saturated carbocycles. The Labute approximate surface area is 96.8 Å². The molecule has 1 rings (SSSR count). The van der Waals surface area contributed by atoms with E-state index < -0.39 is 0 Å². The number of phenols is 1. The van der Waals surface area contributed by atoms with Gasteiger partial charge in [0.15, 0.2) is 0 Å². The van der Waals surface area contributed by atoms with Gasteiger partial charge in [-0.1, -0.05) is 24.8 Å². The number of hydrogen-bond donors (Lipinski definition) is 2. The third-order valence-electron chi connectivity index (χ3n) is 2.41. The van der Waals surface area contributed by atoms with E-state index in [9.17, 15) is 5.11 Å². The van der Waals surface area contributed by atoms with Crippen LogP contribution in [0.3, 0.4) is 0 Å². The fourth-order valence-corrected chi connectivity index (χ4v) is 1.52. The third kappa shape index (κ3) is 3.95. The van der Waals surface area contributed by atoms with E-state index in [1.165, 1.54) is 6.26 Å². The quantitative estimate of drug-likeness (QED) is 0.549. The average Bonchev–Trinajstić information content (AvgIpc) is 2.29. The maximum atomic E-state index is 9.64. The maximum absolute atomic E-state index is 9.64. The van der Waals surface area contributed by atoms with Crippen LogP contribution in [-0.4, -0.2) is 18.3 Å². The molecule has 0 aliphatic carbocycles. The highest BCUT2D eigenvalue weighted by molar-refractivity contribution is 5.33. The van der Waals surface area contributed by atoms with E-state index in [1.54, 1.807) is 6.07 Å². The zero-order valence-electron chi connectivity index (χ0n) is 9.65. The number of nitrogens with one attached hydrogen (secondary N) is 1. The maximum Gasteiger partial charge on any atom is 0.120 e. The van der Waals surface area contributed by atoms with Crippen molar-refractivity contribution >= 4 is 0 Å². The monoisotopic (exact) mass is 221 g/mol. The van der Waals surface area contributed by atoms with Gasteiger partial charge in [0.1, 0.15) is 5.75 Å². The molecule has 0 aliphatic heterocycles. The van der Waals surface area contributed by atoms with Gasteiger partial charge in [0, 0.05) is 11.6 Å². The Bertz CT molecular complexity index is 325. The zero-order valence-corrected chi connectivity index (χ0v) is 9.65. The topological polar surface area (TPSA) is 41.5 Å². The van der Waals surface area contributed by atoms with Gasteiger partial charge in [0.2, 0.25) is 0 Å². The van der Waals surface area contributed by atoms with Crippen LogP contribution in [0, 0.1) is 0 Å². The van der Waals surface area contributed by atoms with Crippen LogP contribution in [0.5, 0.6) is 5.75 Å². The van der Waals surface area contributed by atoms with Gasteiger partial charge in [0.05, 0.1) is 12.9 Å². The van der Waals surface area contributed by atoms with Crippen molar-refractivity contribution in [3.63, 3.8) is 0 Å². The first-order valence-electron chi connectivity index (χ1n) is 5.49. The Balaban J connectivity index is 2.32. The molecule has 0 aliphatic rings. The van der Waals surface area contributed by atoms with E-state index in [0.717, 1.165) is 18.5 Å². The fraction of sp³-hybridized carbons (Fsp3) is 0.385. The lowest BCUT2D eigenvalue weighted by molar-refractivity contribution is 0.243. The van der Waals surface area contributed by atoms with E-state index in [2.05, 4.69) is 11.9 Å². The summed E-state index contributed by atoms with van der Waals surface area (Å²) in [6.45, 7) is 7.03.